The van der Waals surface area contributed by atoms with Gasteiger partial charge in [-0.3, -0.25) is 0 Å². The van der Waals surface area contributed by atoms with Gasteiger partial charge in [0.25, 0.3) is 0 Å². The summed E-state index contributed by atoms with van der Waals surface area (Å²) in [5, 5.41) is 44.2. The zero-order valence-corrected chi connectivity index (χ0v) is 11.0. The van der Waals surface area contributed by atoms with Crippen LogP contribution in [-0.2, 0) is 4.57 Å². The average Bonchev–Trinajstić information content (AvgIpc) is 1.50. The summed E-state index contributed by atoms with van der Waals surface area (Å²) in [5.41, 5.74) is 0. The van der Waals surface area contributed by atoms with Crippen molar-refractivity contribution in [2.24, 2.45) is 0 Å². The summed E-state index contributed by atoms with van der Waals surface area (Å²) in [4.78, 5) is 25.6. The molecule has 0 spiro atoms. The van der Waals surface area contributed by atoms with E-state index in [-0.39, 0.29) is 46.1 Å². The van der Waals surface area contributed by atoms with Crippen LogP contribution in [0.2, 0.25) is 0 Å². The van der Waals surface area contributed by atoms with E-state index in [1.165, 1.54) is 0 Å². The van der Waals surface area contributed by atoms with Crippen molar-refractivity contribution in [3.8, 4) is 0 Å². The van der Waals surface area contributed by atoms with Crippen molar-refractivity contribution in [1.82, 2.24) is 0 Å². The first-order valence-electron chi connectivity index (χ1n) is 2.26. The van der Waals surface area contributed by atoms with E-state index < -0.39 is 22.5 Å². The van der Waals surface area contributed by atoms with Crippen molar-refractivity contribution < 1.29 is 49.4 Å². The summed E-state index contributed by atoms with van der Waals surface area (Å²) in [6.07, 6.45) is 0. The standard InChI is InChI=1S/BH3O3.BH2O3.2Mg.H3O4P/c2*2-1(3)4;;;1-5(2,3)4/h2-4H;2-3H;;;(H3,1,2,3,4)/q;-1;2*+2;/p-3. The molecular weight excluding hydrogens is 261 g/mol. The zero-order chi connectivity index (χ0) is 11.7. The van der Waals surface area contributed by atoms with Gasteiger partial charge in [-0.1, -0.05) is 0 Å². The molecule has 0 aromatic carbocycles. The van der Waals surface area contributed by atoms with Crippen LogP contribution in [0.3, 0.4) is 0 Å². The quantitative estimate of drug-likeness (QED) is 0.206. The monoisotopic (exact) mass is 266 g/mol. The van der Waals surface area contributed by atoms with Gasteiger partial charge < -0.3 is 49.4 Å². The SMILES string of the molecule is O=P([O-])([O-])[O-].OB(O)O.[Mg+2].[Mg+2].[O-]B(O)O. The van der Waals surface area contributed by atoms with Gasteiger partial charge in [0.1, 0.15) is 0 Å². The molecule has 0 bridgehead atoms. The Labute approximate surface area is 117 Å². The molecule has 0 heterocycles. The molecule has 0 atom stereocenters. The fourth-order valence-electron chi connectivity index (χ4n) is 0. The number of phosphoric acid groups is 1. The third-order valence-corrected chi connectivity index (χ3v) is 0. The third-order valence-electron chi connectivity index (χ3n) is 0. The molecule has 10 nitrogen and oxygen atoms in total. The summed E-state index contributed by atoms with van der Waals surface area (Å²) in [5.74, 6) is 0. The molecule has 0 saturated carbocycles. The van der Waals surface area contributed by atoms with Crippen LogP contribution in [0.1, 0.15) is 0 Å². The van der Waals surface area contributed by atoms with Crippen LogP contribution in [0, 0.1) is 0 Å². The van der Waals surface area contributed by atoms with E-state index in [2.05, 4.69) is 0 Å². The van der Waals surface area contributed by atoms with E-state index >= 15 is 0 Å². The molecule has 15 heteroatoms. The summed E-state index contributed by atoms with van der Waals surface area (Å²) in [6.45, 7) is 0. The third kappa shape index (κ3) is 1210. The molecule has 0 aliphatic rings. The first kappa shape index (κ1) is 30.0. The van der Waals surface area contributed by atoms with Crippen molar-refractivity contribution in [3.63, 3.8) is 0 Å². The van der Waals surface area contributed by atoms with Crippen LogP contribution in [0.5, 0.6) is 0 Å². The largest absolute Gasteiger partial charge is 2.00 e. The Kier molecular flexibility index (Phi) is 35.8. The molecule has 80 valence electrons. The molecule has 15 heavy (non-hydrogen) atoms. The van der Waals surface area contributed by atoms with Gasteiger partial charge in [0.2, 0.25) is 0 Å². The van der Waals surface area contributed by atoms with Gasteiger partial charge in [0, 0.05) is 0 Å². The first-order valence-corrected chi connectivity index (χ1v) is 3.72. The fraction of sp³-hybridized carbons (Fsp3) is 0. The van der Waals surface area contributed by atoms with Crippen LogP contribution in [0.25, 0.3) is 0 Å². The van der Waals surface area contributed by atoms with Crippen molar-refractivity contribution >= 4 is 68.6 Å². The van der Waals surface area contributed by atoms with Crippen molar-refractivity contribution in [3.05, 3.63) is 0 Å². The van der Waals surface area contributed by atoms with E-state index in [1.807, 2.05) is 0 Å². The Morgan fingerprint density at radius 3 is 0.867 bits per heavy atom. The van der Waals surface area contributed by atoms with Gasteiger partial charge in [-0.2, -0.15) is 7.82 Å². The van der Waals surface area contributed by atoms with E-state index in [0.29, 0.717) is 0 Å². The summed E-state index contributed by atoms with van der Waals surface area (Å²) in [7, 11) is -9.97. The molecule has 5 N–H and O–H groups in total. The number of hydrogen-bond acceptors (Lipinski definition) is 10. The van der Waals surface area contributed by atoms with Crippen LogP contribution >= 0.6 is 7.82 Å². The number of rotatable bonds is 0. The molecule has 0 aliphatic carbocycles. The van der Waals surface area contributed by atoms with E-state index in [4.69, 9.17) is 49.4 Å². The molecule has 0 aliphatic heterocycles. The molecular formula is H5B2Mg2O10P. The Morgan fingerprint density at radius 1 is 0.867 bits per heavy atom. The maximum Gasteiger partial charge on any atom is 2.00 e. The van der Waals surface area contributed by atoms with E-state index in [0.717, 1.165) is 0 Å². The van der Waals surface area contributed by atoms with Gasteiger partial charge >= 0.3 is 60.7 Å². The number of hydrogen-bond donors (Lipinski definition) is 5. The van der Waals surface area contributed by atoms with Gasteiger partial charge in [-0.05, 0) is 0 Å². The minimum atomic E-state index is -5.39. The Bertz CT molecular complexity index is 114. The average molecular weight is 266 g/mol. The summed E-state index contributed by atoms with van der Waals surface area (Å²) in [6, 6.07) is 0. The fourth-order valence-corrected chi connectivity index (χ4v) is 0. The van der Waals surface area contributed by atoms with Crippen molar-refractivity contribution in [2.75, 3.05) is 0 Å². The van der Waals surface area contributed by atoms with Crippen LogP contribution in [0.4, 0.5) is 0 Å². The van der Waals surface area contributed by atoms with Crippen molar-refractivity contribution in [2.45, 2.75) is 0 Å². The molecule has 0 fully saturated rings. The van der Waals surface area contributed by atoms with Gasteiger partial charge in [0.15, 0.2) is 0 Å². The zero-order valence-electron chi connectivity index (χ0n) is 7.29. The Morgan fingerprint density at radius 2 is 0.867 bits per heavy atom. The molecule has 0 unspecified atom stereocenters. The predicted molar refractivity (Wildman–Crippen MR) is 41.7 cm³/mol. The molecule has 0 radical (unpaired) electrons. The molecule has 0 rings (SSSR count). The first-order chi connectivity index (χ1) is 5.46. The van der Waals surface area contributed by atoms with E-state index in [9.17, 15) is 0 Å². The molecule has 0 amide bonds. The smallest absolute Gasteiger partial charge is 0.832 e. The normalized spacial score (nSPS) is 7.53. The van der Waals surface area contributed by atoms with Crippen LogP contribution < -0.4 is 19.7 Å². The van der Waals surface area contributed by atoms with Gasteiger partial charge in [0.05, 0.1) is 0 Å². The topological polar surface area (TPSA) is 210 Å². The summed E-state index contributed by atoms with van der Waals surface area (Å²) >= 11 is 0. The second-order valence-electron chi connectivity index (χ2n) is 1.12. The van der Waals surface area contributed by atoms with Gasteiger partial charge in [-0.25, -0.2) is 0 Å². The minimum Gasteiger partial charge on any atom is -0.832 e. The van der Waals surface area contributed by atoms with E-state index in [1.54, 1.807) is 0 Å². The second kappa shape index (κ2) is 17.9. The maximum atomic E-state index is 8.64. The van der Waals surface area contributed by atoms with Crippen molar-refractivity contribution in [1.29, 1.82) is 0 Å². The maximum absolute atomic E-state index is 8.64. The summed E-state index contributed by atoms with van der Waals surface area (Å²) < 4.78 is 8.55. The van der Waals surface area contributed by atoms with Crippen LogP contribution in [-0.4, -0.2) is 85.9 Å². The van der Waals surface area contributed by atoms with Crippen LogP contribution in [0.15, 0.2) is 0 Å². The Balaban J connectivity index is -0.0000000315. The molecule has 0 saturated heterocycles. The predicted octanol–water partition coefficient (Wildman–Crippen LogP) is -8.32. The minimum absolute atomic E-state index is 0. The second-order valence-corrected chi connectivity index (χ2v) is 2.01. The van der Waals surface area contributed by atoms with Gasteiger partial charge in [-0.15, -0.1) is 0 Å². The molecule has 0 aromatic heterocycles. The molecule has 0 aromatic rings. The Hall–Kier alpha value is 1.53.